The van der Waals surface area contributed by atoms with Crippen LogP contribution in [0, 0.1) is 20.8 Å². The molecule has 0 aliphatic carbocycles. The SMILES string of the molecule is Cc1ccc(Cl)cc1N([C@@H](C)C(=O)Nc1ccc(S(=O)(=O)Nc2c(C)cccc2C)cc1)S(C)(=O)=O. The van der Waals surface area contributed by atoms with Gasteiger partial charge in [-0.1, -0.05) is 35.9 Å². The normalized spacial score (nSPS) is 12.6. The molecule has 2 N–H and O–H groups in total. The minimum absolute atomic E-state index is 0.0171. The first kappa shape index (κ1) is 27.5. The summed E-state index contributed by atoms with van der Waals surface area (Å²) in [4.78, 5) is 13.0. The number of nitrogens with zero attached hydrogens (tertiary/aromatic N) is 1. The Morgan fingerprint density at radius 1 is 0.889 bits per heavy atom. The molecule has 11 heteroatoms. The van der Waals surface area contributed by atoms with Gasteiger partial charge in [-0.3, -0.25) is 13.8 Å². The number of hydrogen-bond acceptors (Lipinski definition) is 5. The van der Waals surface area contributed by atoms with Crippen LogP contribution < -0.4 is 14.3 Å². The lowest BCUT2D eigenvalue weighted by Gasteiger charge is -2.29. The molecule has 3 rings (SSSR count). The minimum Gasteiger partial charge on any atom is -0.324 e. The van der Waals surface area contributed by atoms with E-state index < -0.39 is 32.0 Å². The van der Waals surface area contributed by atoms with E-state index in [9.17, 15) is 21.6 Å². The third kappa shape index (κ3) is 6.18. The van der Waals surface area contributed by atoms with Crippen molar-refractivity contribution in [3.05, 3.63) is 82.4 Å². The van der Waals surface area contributed by atoms with E-state index in [4.69, 9.17) is 11.6 Å². The molecule has 0 fully saturated rings. The Morgan fingerprint density at radius 2 is 1.47 bits per heavy atom. The van der Waals surface area contributed by atoms with Crippen LogP contribution >= 0.6 is 11.6 Å². The van der Waals surface area contributed by atoms with E-state index in [-0.39, 0.29) is 4.90 Å². The lowest BCUT2D eigenvalue weighted by Crippen LogP contribution is -2.45. The second kappa shape index (κ2) is 10.5. The highest BCUT2D eigenvalue weighted by atomic mass is 35.5. The van der Waals surface area contributed by atoms with Gasteiger partial charge in [-0.2, -0.15) is 0 Å². The van der Waals surface area contributed by atoms with E-state index in [0.29, 0.717) is 27.6 Å². The summed E-state index contributed by atoms with van der Waals surface area (Å²) < 4.78 is 54.5. The molecule has 0 unspecified atom stereocenters. The predicted octanol–water partition coefficient (Wildman–Crippen LogP) is 4.86. The van der Waals surface area contributed by atoms with Gasteiger partial charge in [0, 0.05) is 10.7 Å². The maximum atomic E-state index is 13.0. The standard InChI is InChI=1S/C25H28ClN3O5S2/c1-16-9-10-20(26)15-23(16)29(35(5,31)32)19(4)25(30)27-21-11-13-22(14-12-21)36(33,34)28-24-17(2)7-6-8-18(24)3/h6-15,19,28H,1-5H3,(H,27,30)/t19-/m0/s1. The van der Waals surface area contributed by atoms with Crippen LogP contribution in [-0.4, -0.2) is 35.0 Å². The molecule has 0 bridgehead atoms. The molecule has 0 spiro atoms. The van der Waals surface area contributed by atoms with Gasteiger partial charge in [0.1, 0.15) is 6.04 Å². The molecule has 0 heterocycles. The summed E-state index contributed by atoms with van der Waals surface area (Å²) in [6.07, 6.45) is 1.01. The van der Waals surface area contributed by atoms with Gasteiger partial charge in [-0.15, -0.1) is 0 Å². The maximum absolute atomic E-state index is 13.0. The van der Waals surface area contributed by atoms with Gasteiger partial charge in [0.25, 0.3) is 10.0 Å². The highest BCUT2D eigenvalue weighted by Gasteiger charge is 2.30. The number of rotatable bonds is 8. The molecule has 192 valence electrons. The van der Waals surface area contributed by atoms with Crippen LogP contribution in [0.25, 0.3) is 0 Å². The van der Waals surface area contributed by atoms with E-state index in [1.807, 2.05) is 32.0 Å². The first-order chi connectivity index (χ1) is 16.7. The number of amides is 1. The lowest BCUT2D eigenvalue weighted by atomic mass is 10.1. The highest BCUT2D eigenvalue weighted by Crippen LogP contribution is 2.29. The third-order valence-corrected chi connectivity index (χ3v) is 8.48. The second-order valence-corrected chi connectivity index (χ2v) is 12.5. The minimum atomic E-state index is -3.86. The van der Waals surface area contributed by atoms with Crippen molar-refractivity contribution in [1.29, 1.82) is 0 Å². The number of para-hydroxylation sites is 1. The molecule has 3 aromatic rings. The molecular weight excluding hydrogens is 522 g/mol. The van der Waals surface area contributed by atoms with Gasteiger partial charge in [0.05, 0.1) is 22.5 Å². The molecule has 0 aliphatic rings. The molecule has 8 nitrogen and oxygen atoms in total. The van der Waals surface area contributed by atoms with Crippen LogP contribution in [0.5, 0.6) is 0 Å². The number of nitrogens with one attached hydrogen (secondary N) is 2. The number of aryl methyl sites for hydroxylation is 3. The van der Waals surface area contributed by atoms with Crippen LogP contribution in [0.2, 0.25) is 5.02 Å². The fraction of sp³-hybridized carbons (Fsp3) is 0.240. The Morgan fingerprint density at radius 3 is 2.03 bits per heavy atom. The van der Waals surface area contributed by atoms with Gasteiger partial charge < -0.3 is 5.32 Å². The number of hydrogen-bond donors (Lipinski definition) is 2. The average Bonchev–Trinajstić information content (AvgIpc) is 2.78. The van der Waals surface area contributed by atoms with Crippen molar-refractivity contribution in [2.24, 2.45) is 0 Å². The summed E-state index contributed by atoms with van der Waals surface area (Å²) in [5.74, 6) is -0.593. The third-order valence-electron chi connectivity index (χ3n) is 5.65. The fourth-order valence-corrected chi connectivity index (χ4v) is 6.33. The summed E-state index contributed by atoms with van der Waals surface area (Å²) >= 11 is 6.07. The molecule has 0 saturated carbocycles. The molecular formula is C25H28ClN3O5S2. The zero-order valence-corrected chi connectivity index (χ0v) is 22.9. The lowest BCUT2D eigenvalue weighted by molar-refractivity contribution is -0.116. The monoisotopic (exact) mass is 549 g/mol. The predicted molar refractivity (Wildman–Crippen MR) is 145 cm³/mol. The molecule has 3 aromatic carbocycles. The van der Waals surface area contributed by atoms with E-state index in [1.54, 1.807) is 19.1 Å². The van der Waals surface area contributed by atoms with Crippen LogP contribution in [0.4, 0.5) is 17.1 Å². The van der Waals surface area contributed by atoms with Gasteiger partial charge in [0.15, 0.2) is 0 Å². The zero-order chi connectivity index (χ0) is 26.8. The number of halogens is 1. The first-order valence-electron chi connectivity index (χ1n) is 11.0. The average molecular weight is 550 g/mol. The van der Waals surface area contributed by atoms with Crippen molar-refractivity contribution < 1.29 is 21.6 Å². The van der Waals surface area contributed by atoms with Gasteiger partial charge in [-0.05, 0) is 80.8 Å². The summed E-state index contributed by atoms with van der Waals surface area (Å²) in [6, 6.07) is 14.8. The largest absolute Gasteiger partial charge is 0.324 e. The first-order valence-corrected chi connectivity index (χ1v) is 14.7. The van der Waals surface area contributed by atoms with Gasteiger partial charge in [0.2, 0.25) is 15.9 Å². The number of benzene rings is 3. The Kier molecular flexibility index (Phi) is 8.02. The summed E-state index contributed by atoms with van der Waals surface area (Å²) in [6.45, 7) is 6.81. The van der Waals surface area contributed by atoms with Crippen molar-refractivity contribution in [1.82, 2.24) is 0 Å². The maximum Gasteiger partial charge on any atom is 0.261 e. The molecule has 36 heavy (non-hydrogen) atoms. The second-order valence-electron chi connectivity index (χ2n) is 8.55. The van der Waals surface area contributed by atoms with Gasteiger partial charge in [-0.25, -0.2) is 16.8 Å². The zero-order valence-electron chi connectivity index (χ0n) is 20.5. The van der Waals surface area contributed by atoms with Crippen molar-refractivity contribution in [2.45, 2.75) is 38.6 Å². The van der Waals surface area contributed by atoms with E-state index >= 15 is 0 Å². The van der Waals surface area contributed by atoms with Crippen LogP contribution in [0.3, 0.4) is 0 Å². The van der Waals surface area contributed by atoms with Crippen molar-refractivity contribution in [3.8, 4) is 0 Å². The van der Waals surface area contributed by atoms with Crippen molar-refractivity contribution in [3.63, 3.8) is 0 Å². The Balaban J connectivity index is 1.81. The van der Waals surface area contributed by atoms with E-state index in [1.165, 1.54) is 37.3 Å². The van der Waals surface area contributed by atoms with Crippen molar-refractivity contribution >= 4 is 54.6 Å². The highest BCUT2D eigenvalue weighted by molar-refractivity contribution is 7.92. The van der Waals surface area contributed by atoms with Crippen LogP contribution in [-0.2, 0) is 24.8 Å². The number of carbonyl (C=O) groups excluding carboxylic acids is 1. The Labute approximate surface area is 217 Å². The quantitative estimate of drug-likeness (QED) is 0.416. The smallest absolute Gasteiger partial charge is 0.261 e. The number of sulfonamides is 2. The fourth-order valence-electron chi connectivity index (χ4n) is 3.73. The molecule has 0 radical (unpaired) electrons. The molecule has 0 aromatic heterocycles. The van der Waals surface area contributed by atoms with Crippen LogP contribution in [0.1, 0.15) is 23.6 Å². The molecule has 0 aliphatic heterocycles. The number of carbonyl (C=O) groups is 1. The van der Waals surface area contributed by atoms with E-state index in [0.717, 1.165) is 21.7 Å². The molecule has 1 atom stereocenters. The Hall–Kier alpha value is -3.08. The van der Waals surface area contributed by atoms with E-state index in [2.05, 4.69) is 10.0 Å². The van der Waals surface area contributed by atoms with Crippen LogP contribution in [0.15, 0.2) is 65.6 Å². The van der Waals surface area contributed by atoms with Gasteiger partial charge >= 0.3 is 0 Å². The summed E-state index contributed by atoms with van der Waals surface area (Å²) in [7, 11) is -7.69. The summed E-state index contributed by atoms with van der Waals surface area (Å²) in [5.41, 5.74) is 3.35. The topological polar surface area (TPSA) is 113 Å². The Bertz CT molecular complexity index is 1480. The number of anilines is 3. The summed E-state index contributed by atoms with van der Waals surface area (Å²) in [5, 5.41) is 2.99. The molecule has 0 saturated heterocycles. The molecule has 1 amide bonds. The van der Waals surface area contributed by atoms with Crippen molar-refractivity contribution in [2.75, 3.05) is 20.6 Å².